The van der Waals surface area contributed by atoms with Crippen LogP contribution in [-0.2, 0) is 4.74 Å². The van der Waals surface area contributed by atoms with Crippen molar-refractivity contribution in [2.45, 2.75) is 31.8 Å². The van der Waals surface area contributed by atoms with Crippen LogP contribution in [-0.4, -0.2) is 13.2 Å². The van der Waals surface area contributed by atoms with E-state index in [1.165, 1.54) is 30.6 Å². The lowest BCUT2D eigenvalue weighted by Crippen LogP contribution is -2.18. The van der Waals surface area contributed by atoms with E-state index in [1.54, 1.807) is 11.3 Å². The average molecular weight is 304 g/mol. The molecule has 1 aliphatic rings. The number of rotatable bonds is 6. The maximum atomic E-state index is 5.86. The van der Waals surface area contributed by atoms with Crippen molar-refractivity contribution in [3.8, 4) is 0 Å². The van der Waals surface area contributed by atoms with E-state index in [-0.39, 0.29) is 6.10 Å². The van der Waals surface area contributed by atoms with E-state index in [2.05, 4.69) is 28.1 Å². The second-order valence-corrected chi connectivity index (χ2v) is 6.82. The number of nitrogens with two attached hydrogens (primary N) is 1. The van der Waals surface area contributed by atoms with Crippen LogP contribution in [0, 0.1) is 5.92 Å². The summed E-state index contributed by atoms with van der Waals surface area (Å²) < 4.78 is 7.00. The molecule has 1 unspecified atom stereocenters. The smallest absolute Gasteiger partial charge is 0.104 e. The molecule has 0 bridgehead atoms. The highest BCUT2D eigenvalue weighted by Crippen LogP contribution is 2.31. The Morgan fingerprint density at radius 2 is 2.31 bits per heavy atom. The fourth-order valence-corrected chi connectivity index (χ4v) is 3.41. The van der Waals surface area contributed by atoms with E-state index >= 15 is 0 Å². The lowest BCUT2D eigenvalue weighted by atomic mass is 9.83. The van der Waals surface area contributed by atoms with Gasteiger partial charge in [-0.25, -0.2) is 0 Å². The van der Waals surface area contributed by atoms with Crippen LogP contribution in [0.25, 0.3) is 0 Å². The topological polar surface area (TPSA) is 35.2 Å². The number of hydrogen-bond acceptors (Lipinski definition) is 3. The minimum absolute atomic E-state index is 0.0800. The van der Waals surface area contributed by atoms with E-state index in [0.29, 0.717) is 6.54 Å². The van der Waals surface area contributed by atoms with Gasteiger partial charge in [-0.3, -0.25) is 0 Å². The molecule has 90 valence electrons. The molecule has 1 aromatic rings. The van der Waals surface area contributed by atoms with Crippen molar-refractivity contribution in [1.82, 2.24) is 0 Å². The highest BCUT2D eigenvalue weighted by Gasteiger charge is 2.18. The van der Waals surface area contributed by atoms with Gasteiger partial charge in [0, 0.05) is 18.0 Å². The van der Waals surface area contributed by atoms with Gasteiger partial charge in [-0.2, -0.15) is 0 Å². The van der Waals surface area contributed by atoms with E-state index in [0.717, 1.165) is 16.3 Å². The van der Waals surface area contributed by atoms with Crippen LogP contribution in [0.2, 0.25) is 0 Å². The zero-order valence-electron chi connectivity index (χ0n) is 9.32. The van der Waals surface area contributed by atoms with Crippen molar-refractivity contribution in [1.29, 1.82) is 0 Å². The molecule has 0 amide bonds. The van der Waals surface area contributed by atoms with Crippen molar-refractivity contribution in [3.63, 3.8) is 0 Å². The molecule has 0 aliphatic heterocycles. The predicted molar refractivity (Wildman–Crippen MR) is 71.7 cm³/mol. The first-order valence-corrected chi connectivity index (χ1v) is 7.47. The first kappa shape index (κ1) is 12.6. The van der Waals surface area contributed by atoms with E-state index < -0.39 is 0 Å². The summed E-state index contributed by atoms with van der Waals surface area (Å²) in [6, 6.07) is 4.15. The summed E-state index contributed by atoms with van der Waals surface area (Å²) in [5.74, 6) is 0.911. The molecule has 1 saturated carbocycles. The summed E-state index contributed by atoms with van der Waals surface area (Å²) in [6.45, 7) is 1.42. The summed E-state index contributed by atoms with van der Waals surface area (Å²) in [6.07, 6.45) is 5.46. The lowest BCUT2D eigenvalue weighted by molar-refractivity contribution is 0.0445. The molecule has 1 heterocycles. The molecule has 1 aromatic heterocycles. The van der Waals surface area contributed by atoms with Gasteiger partial charge in [0.15, 0.2) is 0 Å². The van der Waals surface area contributed by atoms with Gasteiger partial charge < -0.3 is 10.5 Å². The Morgan fingerprint density at radius 1 is 1.50 bits per heavy atom. The molecule has 4 heteroatoms. The predicted octanol–water partition coefficient (Wildman–Crippen LogP) is 3.72. The first-order chi connectivity index (χ1) is 7.79. The maximum absolute atomic E-state index is 5.86. The van der Waals surface area contributed by atoms with Crippen LogP contribution in [0.3, 0.4) is 0 Å². The van der Waals surface area contributed by atoms with Gasteiger partial charge in [0.2, 0.25) is 0 Å². The molecule has 1 fully saturated rings. The van der Waals surface area contributed by atoms with Crippen LogP contribution in [0.4, 0.5) is 0 Å². The summed E-state index contributed by atoms with van der Waals surface area (Å²) in [7, 11) is 0. The molecular formula is C12H18BrNOS. The fourth-order valence-electron chi connectivity index (χ4n) is 1.93. The summed E-state index contributed by atoms with van der Waals surface area (Å²) in [4.78, 5) is 1.22. The third-order valence-corrected chi connectivity index (χ3v) is 4.91. The SMILES string of the molecule is NCC(OCCC1CCC1)c1ccc(Br)s1. The molecule has 1 aliphatic carbocycles. The number of ether oxygens (including phenoxy) is 1. The van der Waals surface area contributed by atoms with Crippen molar-refractivity contribution in [2.24, 2.45) is 11.7 Å². The summed E-state index contributed by atoms with van der Waals surface area (Å²) >= 11 is 5.17. The third-order valence-electron chi connectivity index (χ3n) is 3.20. The van der Waals surface area contributed by atoms with Crippen molar-refractivity contribution in [3.05, 3.63) is 20.8 Å². The Balaban J connectivity index is 1.76. The average Bonchev–Trinajstić information content (AvgIpc) is 2.62. The van der Waals surface area contributed by atoms with Gasteiger partial charge in [-0.05, 0) is 40.4 Å². The largest absolute Gasteiger partial charge is 0.371 e. The third kappa shape index (κ3) is 3.29. The minimum Gasteiger partial charge on any atom is -0.371 e. The number of hydrogen-bond donors (Lipinski definition) is 1. The van der Waals surface area contributed by atoms with Gasteiger partial charge in [-0.1, -0.05) is 19.3 Å². The van der Waals surface area contributed by atoms with Crippen molar-refractivity contribution >= 4 is 27.3 Å². The van der Waals surface area contributed by atoms with Crippen molar-refractivity contribution < 1.29 is 4.74 Å². The Kier molecular flexibility index (Phi) is 4.82. The highest BCUT2D eigenvalue weighted by atomic mass is 79.9. The standard InChI is InChI=1S/C12H18BrNOS/c13-12-5-4-11(16-12)10(8-14)15-7-6-9-2-1-3-9/h4-5,9-10H,1-3,6-8,14H2. The van der Waals surface area contributed by atoms with Crippen LogP contribution >= 0.6 is 27.3 Å². The molecule has 2 nitrogen and oxygen atoms in total. The van der Waals surface area contributed by atoms with Gasteiger partial charge in [0.1, 0.15) is 6.10 Å². The molecule has 2 rings (SSSR count). The van der Waals surface area contributed by atoms with Crippen LogP contribution in [0.15, 0.2) is 15.9 Å². The molecule has 1 atom stereocenters. The summed E-state index contributed by atoms with van der Waals surface area (Å²) in [5.41, 5.74) is 5.74. The Labute approximate surface area is 109 Å². The normalized spacial score (nSPS) is 18.4. The minimum atomic E-state index is 0.0800. The van der Waals surface area contributed by atoms with Crippen LogP contribution < -0.4 is 5.73 Å². The van der Waals surface area contributed by atoms with Gasteiger partial charge >= 0.3 is 0 Å². The Hall–Kier alpha value is 0.1000. The Bertz CT molecular complexity index is 325. The monoisotopic (exact) mass is 303 g/mol. The van der Waals surface area contributed by atoms with Gasteiger partial charge in [0.25, 0.3) is 0 Å². The van der Waals surface area contributed by atoms with Gasteiger partial charge in [0.05, 0.1) is 3.79 Å². The molecule has 0 aromatic carbocycles. The highest BCUT2D eigenvalue weighted by molar-refractivity contribution is 9.11. The molecular weight excluding hydrogens is 286 g/mol. The summed E-state index contributed by atoms with van der Waals surface area (Å²) in [5, 5.41) is 0. The molecule has 16 heavy (non-hydrogen) atoms. The van der Waals surface area contributed by atoms with E-state index in [1.807, 2.05) is 0 Å². The maximum Gasteiger partial charge on any atom is 0.104 e. The quantitative estimate of drug-likeness (QED) is 0.869. The van der Waals surface area contributed by atoms with Crippen molar-refractivity contribution in [2.75, 3.05) is 13.2 Å². The Morgan fingerprint density at radius 3 is 2.81 bits per heavy atom. The van der Waals surface area contributed by atoms with E-state index in [9.17, 15) is 0 Å². The number of thiophene rings is 1. The molecule has 0 radical (unpaired) electrons. The fraction of sp³-hybridized carbons (Fsp3) is 0.667. The number of halogens is 1. The molecule has 0 saturated heterocycles. The van der Waals surface area contributed by atoms with E-state index in [4.69, 9.17) is 10.5 Å². The van der Waals surface area contributed by atoms with Gasteiger partial charge in [-0.15, -0.1) is 11.3 Å². The zero-order chi connectivity index (χ0) is 11.4. The molecule has 0 spiro atoms. The first-order valence-electron chi connectivity index (χ1n) is 5.86. The van der Waals surface area contributed by atoms with Crippen LogP contribution in [0.5, 0.6) is 0 Å². The zero-order valence-corrected chi connectivity index (χ0v) is 11.7. The van der Waals surface area contributed by atoms with Crippen LogP contribution in [0.1, 0.15) is 36.7 Å². The molecule has 2 N–H and O–H groups in total. The second kappa shape index (κ2) is 6.15. The second-order valence-electron chi connectivity index (χ2n) is 4.32. The lowest BCUT2D eigenvalue weighted by Gasteiger charge is -2.25.